The number of benzene rings is 1. The minimum Gasteiger partial charge on any atom is -1.00 e. The van der Waals surface area contributed by atoms with Crippen molar-refractivity contribution in [1.29, 1.82) is 0 Å². The molecule has 1 N–H and O–H groups in total. The van der Waals surface area contributed by atoms with Crippen LogP contribution in [-0.2, 0) is 6.42 Å². The number of nitrogens with one attached hydrogen (secondary N) is 1. The van der Waals surface area contributed by atoms with E-state index in [1.54, 1.807) is 0 Å². The predicted octanol–water partition coefficient (Wildman–Crippen LogP) is -2.07. The van der Waals surface area contributed by atoms with Crippen LogP contribution < -0.4 is 17.3 Å². The van der Waals surface area contributed by atoms with E-state index < -0.39 is 0 Å². The van der Waals surface area contributed by atoms with Gasteiger partial charge in [0.2, 0.25) is 0 Å². The zero-order valence-electron chi connectivity index (χ0n) is 8.83. The van der Waals surface area contributed by atoms with Crippen molar-refractivity contribution in [3.8, 4) is 0 Å². The van der Waals surface area contributed by atoms with E-state index in [4.69, 9.17) is 0 Å². The zero-order valence-corrected chi connectivity index (χ0v) is 9.59. The molecule has 0 heterocycles. The van der Waals surface area contributed by atoms with Crippen LogP contribution in [0.15, 0.2) is 43.0 Å². The van der Waals surface area contributed by atoms with Gasteiger partial charge >= 0.3 is 0 Å². The van der Waals surface area contributed by atoms with Crippen molar-refractivity contribution in [2.24, 2.45) is 0 Å². The first-order valence-electron chi connectivity index (χ1n) is 4.70. The molecule has 0 fully saturated rings. The molecule has 1 aromatic carbocycles. The second kappa shape index (κ2) is 6.63. The molecular formula is C12H18ClN. The van der Waals surface area contributed by atoms with Crippen LogP contribution in [0.2, 0.25) is 0 Å². The van der Waals surface area contributed by atoms with Crippen molar-refractivity contribution in [3.05, 3.63) is 48.6 Å². The van der Waals surface area contributed by atoms with Crippen LogP contribution in [0.25, 0.3) is 0 Å². The summed E-state index contributed by atoms with van der Waals surface area (Å²) in [5.74, 6) is 0. The van der Waals surface area contributed by atoms with Crippen LogP contribution in [0, 0.1) is 0 Å². The molecule has 78 valence electrons. The second-order valence-electron chi connectivity index (χ2n) is 3.61. The Labute approximate surface area is 92.8 Å². The number of likely N-dealkylation sites (N-methyl/N-ethyl adjacent to an activating group) is 1. The summed E-state index contributed by atoms with van der Waals surface area (Å²) in [7, 11) is 4.32. The van der Waals surface area contributed by atoms with E-state index in [1.165, 1.54) is 10.5 Å². The number of hydrogen-bond donors (Lipinski definition) is 1. The van der Waals surface area contributed by atoms with Gasteiger partial charge in [-0.05, 0) is 11.6 Å². The Balaban J connectivity index is 0.00000169. The summed E-state index contributed by atoms with van der Waals surface area (Å²) in [6, 6.07) is 11.1. The van der Waals surface area contributed by atoms with Crippen LogP contribution in [0.3, 0.4) is 0 Å². The molecule has 1 rings (SSSR count). The number of hydrogen-bond acceptors (Lipinski definition) is 0. The summed E-state index contributed by atoms with van der Waals surface area (Å²) in [6.07, 6.45) is 3.11. The minimum absolute atomic E-state index is 0. The van der Waals surface area contributed by atoms with Gasteiger partial charge in [0.1, 0.15) is 6.04 Å². The lowest BCUT2D eigenvalue weighted by atomic mass is 10.1. The molecule has 0 amide bonds. The summed E-state index contributed by atoms with van der Waals surface area (Å²) >= 11 is 0. The zero-order chi connectivity index (χ0) is 9.68. The van der Waals surface area contributed by atoms with E-state index in [1.807, 2.05) is 6.08 Å². The van der Waals surface area contributed by atoms with Crippen molar-refractivity contribution in [2.75, 3.05) is 14.1 Å². The van der Waals surface area contributed by atoms with Gasteiger partial charge < -0.3 is 17.3 Å². The fourth-order valence-corrected chi connectivity index (χ4v) is 1.39. The standard InChI is InChI=1S/C12H17N.ClH/c1-4-12(13(2)3)10-11-8-6-5-7-9-11;/h4-9,12H,1,10H2,2-3H3;1H. The lowest BCUT2D eigenvalue weighted by molar-refractivity contribution is -0.878. The van der Waals surface area contributed by atoms with Crippen molar-refractivity contribution < 1.29 is 17.3 Å². The summed E-state index contributed by atoms with van der Waals surface area (Å²) in [4.78, 5) is 1.43. The van der Waals surface area contributed by atoms with Gasteiger partial charge in [-0.25, -0.2) is 0 Å². The molecule has 1 atom stereocenters. The number of quaternary nitrogens is 1. The topological polar surface area (TPSA) is 4.44 Å². The minimum atomic E-state index is 0. The largest absolute Gasteiger partial charge is 1.00 e. The van der Waals surface area contributed by atoms with Gasteiger partial charge in [-0.15, -0.1) is 0 Å². The van der Waals surface area contributed by atoms with Crippen LogP contribution in [-0.4, -0.2) is 20.1 Å². The van der Waals surface area contributed by atoms with Gasteiger partial charge in [-0.1, -0.05) is 36.9 Å². The van der Waals surface area contributed by atoms with Gasteiger partial charge in [0, 0.05) is 6.42 Å². The molecule has 1 unspecified atom stereocenters. The van der Waals surface area contributed by atoms with E-state index in [9.17, 15) is 0 Å². The molecule has 0 aliphatic heterocycles. The molecule has 0 saturated heterocycles. The molecule has 2 heteroatoms. The van der Waals surface area contributed by atoms with Gasteiger partial charge in [0.25, 0.3) is 0 Å². The molecule has 0 aromatic heterocycles. The monoisotopic (exact) mass is 211 g/mol. The third-order valence-electron chi connectivity index (χ3n) is 2.32. The third-order valence-corrected chi connectivity index (χ3v) is 2.32. The predicted molar refractivity (Wildman–Crippen MR) is 56.9 cm³/mol. The second-order valence-corrected chi connectivity index (χ2v) is 3.61. The molecule has 0 aliphatic carbocycles. The average Bonchev–Trinajstić information content (AvgIpc) is 2.15. The highest BCUT2D eigenvalue weighted by molar-refractivity contribution is 5.16. The summed E-state index contributed by atoms with van der Waals surface area (Å²) < 4.78 is 0. The molecule has 0 saturated carbocycles. The van der Waals surface area contributed by atoms with Gasteiger partial charge in [-0.2, -0.15) is 0 Å². The summed E-state index contributed by atoms with van der Waals surface area (Å²) in [5, 5.41) is 0. The van der Waals surface area contributed by atoms with Crippen LogP contribution >= 0.6 is 0 Å². The molecule has 1 nitrogen and oxygen atoms in total. The highest BCUT2D eigenvalue weighted by Crippen LogP contribution is 2.01. The molecule has 0 radical (unpaired) electrons. The van der Waals surface area contributed by atoms with Crippen LogP contribution in [0.4, 0.5) is 0 Å². The molecule has 0 bridgehead atoms. The SMILES string of the molecule is C=CC(Cc1ccccc1)[NH+](C)C.[Cl-]. The fourth-order valence-electron chi connectivity index (χ4n) is 1.39. The van der Waals surface area contributed by atoms with E-state index in [-0.39, 0.29) is 12.4 Å². The number of rotatable bonds is 4. The fraction of sp³-hybridized carbons (Fsp3) is 0.333. The smallest absolute Gasteiger partial charge is 0.109 e. The van der Waals surface area contributed by atoms with Crippen molar-refractivity contribution in [2.45, 2.75) is 12.5 Å². The summed E-state index contributed by atoms with van der Waals surface area (Å²) in [6.45, 7) is 3.86. The first-order chi connectivity index (χ1) is 6.24. The highest BCUT2D eigenvalue weighted by atomic mass is 35.5. The Morgan fingerprint density at radius 2 is 1.86 bits per heavy atom. The molecular weight excluding hydrogens is 194 g/mol. The van der Waals surface area contributed by atoms with Crippen molar-refractivity contribution >= 4 is 0 Å². The first kappa shape index (κ1) is 13.2. The van der Waals surface area contributed by atoms with Crippen LogP contribution in [0.1, 0.15) is 5.56 Å². The maximum Gasteiger partial charge on any atom is 0.109 e. The molecule has 1 aromatic rings. The Kier molecular flexibility index (Phi) is 6.26. The molecule has 0 spiro atoms. The lowest BCUT2D eigenvalue weighted by Gasteiger charge is -2.17. The maximum absolute atomic E-state index is 3.86. The highest BCUT2D eigenvalue weighted by Gasteiger charge is 2.10. The average molecular weight is 212 g/mol. The Morgan fingerprint density at radius 3 is 2.29 bits per heavy atom. The normalized spacial score (nSPS) is 11.9. The maximum atomic E-state index is 3.86. The van der Waals surface area contributed by atoms with E-state index >= 15 is 0 Å². The Morgan fingerprint density at radius 1 is 1.29 bits per heavy atom. The van der Waals surface area contributed by atoms with Crippen LogP contribution in [0.5, 0.6) is 0 Å². The Bertz CT molecular complexity index is 256. The van der Waals surface area contributed by atoms with Gasteiger partial charge in [0.05, 0.1) is 14.1 Å². The van der Waals surface area contributed by atoms with E-state index in [0.29, 0.717) is 6.04 Å². The molecule has 0 aliphatic rings. The van der Waals surface area contributed by atoms with Gasteiger partial charge in [-0.3, -0.25) is 0 Å². The summed E-state index contributed by atoms with van der Waals surface area (Å²) in [5.41, 5.74) is 1.38. The first-order valence-corrected chi connectivity index (χ1v) is 4.70. The van der Waals surface area contributed by atoms with Gasteiger partial charge in [0.15, 0.2) is 0 Å². The third kappa shape index (κ3) is 3.95. The van der Waals surface area contributed by atoms with E-state index in [2.05, 4.69) is 51.0 Å². The van der Waals surface area contributed by atoms with E-state index in [0.717, 1.165) is 6.42 Å². The van der Waals surface area contributed by atoms with Crippen molar-refractivity contribution in [3.63, 3.8) is 0 Å². The quantitative estimate of drug-likeness (QED) is 0.547. The van der Waals surface area contributed by atoms with Crippen molar-refractivity contribution in [1.82, 2.24) is 0 Å². The Hall–Kier alpha value is -0.790. The molecule has 14 heavy (non-hydrogen) atoms. The number of halogens is 1. The lowest BCUT2D eigenvalue weighted by Crippen LogP contribution is -3.10.